The van der Waals surface area contributed by atoms with Crippen LogP contribution in [0.5, 0.6) is 0 Å². The Bertz CT molecular complexity index is 355. The van der Waals surface area contributed by atoms with Crippen molar-refractivity contribution in [2.75, 3.05) is 13.2 Å². The van der Waals surface area contributed by atoms with Crippen LogP contribution >= 0.6 is 0 Å². The molecule has 2 rings (SSSR count). The number of carbonyl (C=O) groups excluding carboxylic acids is 1. The lowest BCUT2D eigenvalue weighted by atomic mass is 9.46. The lowest BCUT2D eigenvalue weighted by molar-refractivity contribution is -0.225. The normalized spacial score (nSPS) is 37.9. The predicted molar refractivity (Wildman–Crippen MR) is 72.5 cm³/mol. The van der Waals surface area contributed by atoms with Gasteiger partial charge in [0, 0.05) is 17.9 Å². The molecular formula is C14H26N2O3. The summed E-state index contributed by atoms with van der Waals surface area (Å²) in [5.74, 6) is -0.0578. The lowest BCUT2D eigenvalue weighted by Gasteiger charge is -2.65. The van der Waals surface area contributed by atoms with Gasteiger partial charge in [0.25, 0.3) is 0 Å². The quantitative estimate of drug-likeness (QED) is 0.690. The number of fused-ring (bicyclic) bond motifs is 1. The van der Waals surface area contributed by atoms with E-state index in [-0.39, 0.29) is 36.0 Å². The third kappa shape index (κ3) is 1.99. The first-order chi connectivity index (χ1) is 8.89. The summed E-state index contributed by atoms with van der Waals surface area (Å²) in [6.45, 7) is 6.64. The van der Waals surface area contributed by atoms with E-state index < -0.39 is 5.54 Å². The first kappa shape index (κ1) is 14.8. The number of aliphatic hydroxyl groups excluding tert-OH is 1. The van der Waals surface area contributed by atoms with Gasteiger partial charge in [-0.2, -0.15) is 0 Å². The molecule has 0 aromatic heterocycles. The van der Waals surface area contributed by atoms with E-state index >= 15 is 0 Å². The van der Waals surface area contributed by atoms with Crippen molar-refractivity contribution in [3.63, 3.8) is 0 Å². The number of nitrogens with two attached hydrogens (primary N) is 1. The average Bonchev–Trinajstić information content (AvgIpc) is 2.43. The molecule has 1 saturated heterocycles. The molecule has 4 atom stereocenters. The van der Waals surface area contributed by atoms with Crippen LogP contribution < -0.4 is 11.1 Å². The fourth-order valence-electron chi connectivity index (χ4n) is 3.62. The van der Waals surface area contributed by atoms with E-state index in [1.54, 1.807) is 0 Å². The summed E-state index contributed by atoms with van der Waals surface area (Å²) in [5, 5.41) is 12.1. The third-order valence-corrected chi connectivity index (χ3v) is 5.11. The van der Waals surface area contributed by atoms with Crippen molar-refractivity contribution in [2.45, 2.75) is 57.7 Å². The molecule has 5 heteroatoms. The third-order valence-electron chi connectivity index (χ3n) is 5.11. The number of nitrogens with one attached hydrogen (secondary N) is 1. The zero-order valence-electron chi connectivity index (χ0n) is 12.1. The average molecular weight is 270 g/mol. The van der Waals surface area contributed by atoms with Crippen molar-refractivity contribution in [1.82, 2.24) is 5.32 Å². The number of rotatable bonds is 4. The Labute approximate surface area is 114 Å². The van der Waals surface area contributed by atoms with Gasteiger partial charge in [0.05, 0.1) is 18.8 Å². The molecule has 5 nitrogen and oxygen atoms in total. The lowest BCUT2D eigenvalue weighted by Crippen LogP contribution is -2.82. The van der Waals surface area contributed by atoms with Crippen molar-refractivity contribution in [3.8, 4) is 0 Å². The highest BCUT2D eigenvalue weighted by atomic mass is 16.5. The first-order valence-electron chi connectivity index (χ1n) is 7.21. The molecule has 0 spiro atoms. The molecule has 0 bridgehead atoms. The van der Waals surface area contributed by atoms with Crippen LogP contribution in [0.3, 0.4) is 0 Å². The second-order valence-corrected chi connectivity index (χ2v) is 6.39. The number of hydrogen-bond acceptors (Lipinski definition) is 4. The van der Waals surface area contributed by atoms with Crippen LogP contribution in [0.15, 0.2) is 0 Å². The van der Waals surface area contributed by atoms with Gasteiger partial charge in [-0.05, 0) is 19.3 Å². The zero-order valence-corrected chi connectivity index (χ0v) is 12.1. The fraction of sp³-hybridized carbons (Fsp3) is 0.929. The van der Waals surface area contributed by atoms with Gasteiger partial charge in [0.2, 0.25) is 5.91 Å². The number of aliphatic hydroxyl groups is 1. The van der Waals surface area contributed by atoms with Crippen molar-refractivity contribution >= 4 is 5.91 Å². The molecule has 2 fully saturated rings. The number of hydrogen-bond donors (Lipinski definition) is 3. The summed E-state index contributed by atoms with van der Waals surface area (Å²) in [4.78, 5) is 12.5. The van der Waals surface area contributed by atoms with Gasteiger partial charge < -0.3 is 20.9 Å². The summed E-state index contributed by atoms with van der Waals surface area (Å²) in [5.41, 5.74) is 5.21. The Morgan fingerprint density at radius 2 is 2.26 bits per heavy atom. The summed E-state index contributed by atoms with van der Waals surface area (Å²) in [7, 11) is 0. The molecule has 1 amide bonds. The minimum atomic E-state index is -0.888. The Morgan fingerprint density at radius 1 is 1.58 bits per heavy atom. The van der Waals surface area contributed by atoms with Gasteiger partial charge in [-0.1, -0.05) is 20.8 Å². The second kappa shape index (κ2) is 5.04. The molecule has 0 aromatic carbocycles. The second-order valence-electron chi connectivity index (χ2n) is 6.39. The fourth-order valence-corrected chi connectivity index (χ4v) is 3.62. The molecule has 19 heavy (non-hydrogen) atoms. The molecule has 2 aliphatic rings. The van der Waals surface area contributed by atoms with E-state index in [0.29, 0.717) is 6.42 Å². The maximum atomic E-state index is 12.5. The minimum Gasteiger partial charge on any atom is -0.394 e. The largest absolute Gasteiger partial charge is 0.394 e. The van der Waals surface area contributed by atoms with Crippen molar-refractivity contribution < 1.29 is 14.6 Å². The number of ether oxygens (including phenoxy) is 1. The summed E-state index contributed by atoms with van der Waals surface area (Å²) in [6.07, 6.45) is 2.67. The standard InChI is InChI=1S/C14H26N2O3/c1-4-9(8-17)16-12(18)14(15)10-6-5-7-19-11(10)13(14,2)3/h9-11,17H,4-8,15H2,1-3H3,(H,16,18). The molecule has 1 heterocycles. The van der Waals surface area contributed by atoms with Crippen LogP contribution in [-0.2, 0) is 9.53 Å². The van der Waals surface area contributed by atoms with Crippen LogP contribution in [0.1, 0.15) is 40.0 Å². The van der Waals surface area contributed by atoms with Gasteiger partial charge in [-0.3, -0.25) is 4.79 Å². The SMILES string of the molecule is CCC(CO)NC(=O)C1(N)C2CCCOC2C1(C)C. The van der Waals surface area contributed by atoms with E-state index in [4.69, 9.17) is 10.5 Å². The highest BCUT2D eigenvalue weighted by Gasteiger charge is 2.70. The van der Waals surface area contributed by atoms with Crippen molar-refractivity contribution in [3.05, 3.63) is 0 Å². The Hall–Kier alpha value is -0.650. The number of amides is 1. The molecule has 1 aliphatic heterocycles. The zero-order chi connectivity index (χ0) is 14.3. The van der Waals surface area contributed by atoms with E-state index in [9.17, 15) is 9.90 Å². The minimum absolute atomic E-state index is 0.0522. The Morgan fingerprint density at radius 3 is 2.84 bits per heavy atom. The van der Waals surface area contributed by atoms with Crippen LogP contribution in [0.25, 0.3) is 0 Å². The summed E-state index contributed by atoms with van der Waals surface area (Å²) >= 11 is 0. The van der Waals surface area contributed by atoms with Crippen molar-refractivity contribution in [2.24, 2.45) is 17.1 Å². The maximum Gasteiger partial charge on any atom is 0.241 e. The smallest absolute Gasteiger partial charge is 0.241 e. The van der Waals surface area contributed by atoms with Crippen molar-refractivity contribution in [1.29, 1.82) is 0 Å². The number of carbonyl (C=O) groups is 1. The molecule has 0 aromatic rings. The topological polar surface area (TPSA) is 84.6 Å². The first-order valence-corrected chi connectivity index (χ1v) is 7.21. The maximum absolute atomic E-state index is 12.5. The van der Waals surface area contributed by atoms with Crippen LogP contribution in [-0.4, -0.2) is 41.9 Å². The highest BCUT2D eigenvalue weighted by Crippen LogP contribution is 2.57. The molecule has 4 N–H and O–H groups in total. The van der Waals surface area contributed by atoms with E-state index in [2.05, 4.69) is 5.32 Å². The predicted octanol–water partition coefficient (Wildman–Crippen LogP) is 0.406. The van der Waals surface area contributed by atoms with Crippen LogP contribution in [0, 0.1) is 11.3 Å². The summed E-state index contributed by atoms with van der Waals surface area (Å²) < 4.78 is 5.79. The molecule has 4 unspecified atom stereocenters. The van der Waals surface area contributed by atoms with Gasteiger partial charge in [-0.15, -0.1) is 0 Å². The van der Waals surface area contributed by atoms with Gasteiger partial charge in [0.1, 0.15) is 5.54 Å². The highest BCUT2D eigenvalue weighted by molar-refractivity contribution is 5.89. The van der Waals surface area contributed by atoms with E-state index in [0.717, 1.165) is 19.4 Å². The van der Waals surface area contributed by atoms with Gasteiger partial charge in [-0.25, -0.2) is 0 Å². The Balaban J connectivity index is 2.14. The molecule has 1 aliphatic carbocycles. The van der Waals surface area contributed by atoms with Gasteiger partial charge >= 0.3 is 0 Å². The van der Waals surface area contributed by atoms with Gasteiger partial charge in [0.15, 0.2) is 0 Å². The van der Waals surface area contributed by atoms with Crippen LogP contribution in [0.4, 0.5) is 0 Å². The molecule has 0 radical (unpaired) electrons. The monoisotopic (exact) mass is 270 g/mol. The van der Waals surface area contributed by atoms with E-state index in [1.807, 2.05) is 20.8 Å². The Kier molecular flexibility index (Phi) is 3.91. The molecule has 110 valence electrons. The summed E-state index contributed by atoms with van der Waals surface area (Å²) in [6, 6.07) is -0.215. The van der Waals surface area contributed by atoms with Crippen LogP contribution in [0.2, 0.25) is 0 Å². The molecule has 1 saturated carbocycles. The van der Waals surface area contributed by atoms with E-state index in [1.165, 1.54) is 0 Å². The molecular weight excluding hydrogens is 244 g/mol.